The normalized spacial score (nSPS) is 12.1. The molecule has 0 N–H and O–H groups in total. The van der Waals surface area contributed by atoms with Gasteiger partial charge in [-0.15, -0.1) is 0 Å². The van der Waals surface area contributed by atoms with Gasteiger partial charge in [-0.2, -0.15) is 0 Å². The SMILES string of the molecule is [CH2]CCCCCCCC/C=C/C=C/C=C/C=C. The summed E-state index contributed by atoms with van der Waals surface area (Å²) in [5, 5.41) is 0. The molecule has 0 aromatic rings. The van der Waals surface area contributed by atoms with E-state index in [1.807, 2.05) is 18.2 Å². The summed E-state index contributed by atoms with van der Waals surface area (Å²) in [6, 6.07) is 0. The molecule has 0 aliphatic rings. The van der Waals surface area contributed by atoms with Crippen molar-refractivity contribution >= 4 is 0 Å². The molecule has 0 heterocycles. The maximum atomic E-state index is 3.85. The van der Waals surface area contributed by atoms with Gasteiger partial charge in [0.25, 0.3) is 0 Å². The molecule has 0 bridgehead atoms. The average molecular weight is 231 g/mol. The predicted octanol–water partition coefficient (Wildman–Crippen LogP) is 5.80. The fraction of sp³-hybridized carbons (Fsp3) is 0.471. The topological polar surface area (TPSA) is 0 Å². The van der Waals surface area contributed by atoms with E-state index in [9.17, 15) is 0 Å². The molecule has 0 fully saturated rings. The monoisotopic (exact) mass is 231 g/mol. The van der Waals surface area contributed by atoms with Crippen LogP contribution >= 0.6 is 0 Å². The van der Waals surface area contributed by atoms with Crippen molar-refractivity contribution in [2.45, 2.75) is 51.4 Å². The molecule has 1 radical (unpaired) electrons. The molecule has 0 saturated heterocycles. The van der Waals surface area contributed by atoms with Crippen molar-refractivity contribution in [2.24, 2.45) is 0 Å². The van der Waals surface area contributed by atoms with E-state index in [4.69, 9.17) is 0 Å². The van der Waals surface area contributed by atoms with E-state index >= 15 is 0 Å². The Labute approximate surface area is 108 Å². The van der Waals surface area contributed by atoms with Crippen LogP contribution in [0.15, 0.2) is 49.1 Å². The second-order valence-electron chi connectivity index (χ2n) is 4.20. The highest BCUT2D eigenvalue weighted by Crippen LogP contribution is 2.08. The molecule has 0 atom stereocenters. The number of hydrogen-bond donors (Lipinski definition) is 0. The fourth-order valence-corrected chi connectivity index (χ4v) is 1.59. The molecule has 0 rings (SSSR count). The molecule has 0 aromatic carbocycles. The van der Waals surface area contributed by atoms with Crippen LogP contribution in [0.1, 0.15) is 51.4 Å². The molecule has 0 amide bonds. The Kier molecular flexibility index (Phi) is 14.0. The van der Waals surface area contributed by atoms with Crippen LogP contribution in [0.3, 0.4) is 0 Å². The Balaban J connectivity index is 3.21. The third-order valence-electron chi connectivity index (χ3n) is 2.59. The summed E-state index contributed by atoms with van der Waals surface area (Å²) in [4.78, 5) is 0. The Hall–Kier alpha value is -1.04. The smallest absolute Gasteiger partial charge is 0.0348 e. The summed E-state index contributed by atoms with van der Waals surface area (Å²) in [5.74, 6) is 0. The molecular formula is C17H27. The van der Waals surface area contributed by atoms with Crippen LogP contribution < -0.4 is 0 Å². The van der Waals surface area contributed by atoms with Crippen molar-refractivity contribution in [3.63, 3.8) is 0 Å². The zero-order valence-electron chi connectivity index (χ0n) is 11.1. The van der Waals surface area contributed by atoms with Gasteiger partial charge >= 0.3 is 0 Å². The van der Waals surface area contributed by atoms with Crippen LogP contribution in [0.2, 0.25) is 0 Å². The Morgan fingerprint density at radius 1 is 0.647 bits per heavy atom. The van der Waals surface area contributed by atoms with E-state index in [1.165, 1.54) is 44.9 Å². The molecule has 0 unspecified atom stereocenters. The van der Waals surface area contributed by atoms with Gasteiger partial charge in [0, 0.05) is 0 Å². The third kappa shape index (κ3) is 15.0. The molecule has 0 spiro atoms. The van der Waals surface area contributed by atoms with Crippen LogP contribution in [0.5, 0.6) is 0 Å². The van der Waals surface area contributed by atoms with Crippen LogP contribution in [0.25, 0.3) is 0 Å². The first kappa shape index (κ1) is 16.0. The largest absolute Gasteiger partial charge is 0.0991 e. The molecule has 0 nitrogen and oxygen atoms in total. The molecular weight excluding hydrogens is 204 g/mol. The lowest BCUT2D eigenvalue weighted by molar-refractivity contribution is 0.599. The maximum Gasteiger partial charge on any atom is -0.0348 e. The Morgan fingerprint density at radius 2 is 1.24 bits per heavy atom. The molecule has 0 aliphatic heterocycles. The number of allylic oxidation sites excluding steroid dienone is 7. The average Bonchev–Trinajstić information content (AvgIpc) is 2.35. The molecule has 0 aliphatic carbocycles. The quantitative estimate of drug-likeness (QED) is 0.311. The summed E-state index contributed by atoms with van der Waals surface area (Å²) >= 11 is 0. The van der Waals surface area contributed by atoms with Gasteiger partial charge in [0.15, 0.2) is 0 Å². The standard InChI is InChI=1S/C17H27/c1-3-5-7-9-11-13-15-17-16-14-12-10-8-6-4-2/h3,5,7,9,11,13,15H,1-2,4,6,8,10,12,14,16-17H2/b7-5+,11-9+,15-13+. The predicted molar refractivity (Wildman–Crippen MR) is 79.9 cm³/mol. The maximum absolute atomic E-state index is 3.85. The van der Waals surface area contributed by atoms with Crippen molar-refractivity contribution < 1.29 is 0 Å². The summed E-state index contributed by atoms with van der Waals surface area (Å²) in [6.07, 6.45) is 24.5. The highest BCUT2D eigenvalue weighted by molar-refractivity contribution is 5.14. The van der Waals surface area contributed by atoms with Crippen molar-refractivity contribution in [1.82, 2.24) is 0 Å². The molecule has 0 aromatic heterocycles. The van der Waals surface area contributed by atoms with Gasteiger partial charge in [-0.1, -0.05) is 94.6 Å². The lowest BCUT2D eigenvalue weighted by atomic mass is 10.1. The van der Waals surface area contributed by atoms with Crippen molar-refractivity contribution in [3.05, 3.63) is 56.0 Å². The number of unbranched alkanes of at least 4 members (excludes halogenated alkanes) is 7. The number of hydrogen-bond acceptors (Lipinski definition) is 0. The molecule has 95 valence electrons. The minimum atomic E-state index is 1.09. The van der Waals surface area contributed by atoms with Gasteiger partial charge in [-0.25, -0.2) is 0 Å². The van der Waals surface area contributed by atoms with E-state index in [1.54, 1.807) is 6.08 Å². The summed E-state index contributed by atoms with van der Waals surface area (Å²) in [6.45, 7) is 7.47. The van der Waals surface area contributed by atoms with Gasteiger partial charge in [0.05, 0.1) is 0 Å². The molecule has 17 heavy (non-hydrogen) atoms. The van der Waals surface area contributed by atoms with Crippen molar-refractivity contribution in [2.75, 3.05) is 0 Å². The van der Waals surface area contributed by atoms with Gasteiger partial charge < -0.3 is 0 Å². The zero-order valence-corrected chi connectivity index (χ0v) is 11.1. The van der Waals surface area contributed by atoms with E-state index in [2.05, 4.69) is 31.7 Å². The number of rotatable bonds is 11. The highest BCUT2D eigenvalue weighted by atomic mass is 13.9. The first-order chi connectivity index (χ1) is 8.41. The second-order valence-corrected chi connectivity index (χ2v) is 4.20. The molecule has 0 saturated carbocycles. The molecule has 0 heteroatoms. The summed E-state index contributed by atoms with van der Waals surface area (Å²) in [5.41, 5.74) is 0. The van der Waals surface area contributed by atoms with Gasteiger partial charge in [0.2, 0.25) is 0 Å². The highest BCUT2D eigenvalue weighted by Gasteiger charge is 1.88. The zero-order chi connectivity index (χ0) is 12.6. The minimum absolute atomic E-state index is 1.09. The second kappa shape index (κ2) is 15.0. The van der Waals surface area contributed by atoms with E-state index in [-0.39, 0.29) is 0 Å². The van der Waals surface area contributed by atoms with E-state index < -0.39 is 0 Å². The Morgan fingerprint density at radius 3 is 1.94 bits per heavy atom. The van der Waals surface area contributed by atoms with Gasteiger partial charge in [0.1, 0.15) is 0 Å². The van der Waals surface area contributed by atoms with Crippen molar-refractivity contribution in [1.29, 1.82) is 0 Å². The van der Waals surface area contributed by atoms with Gasteiger partial charge in [-0.05, 0) is 12.8 Å². The summed E-state index contributed by atoms with van der Waals surface area (Å²) in [7, 11) is 0. The van der Waals surface area contributed by atoms with Crippen LogP contribution in [0.4, 0.5) is 0 Å². The summed E-state index contributed by atoms with van der Waals surface area (Å²) < 4.78 is 0. The van der Waals surface area contributed by atoms with Crippen LogP contribution in [0, 0.1) is 6.92 Å². The Bertz CT molecular complexity index is 230. The third-order valence-corrected chi connectivity index (χ3v) is 2.59. The minimum Gasteiger partial charge on any atom is -0.0991 e. The van der Waals surface area contributed by atoms with Gasteiger partial charge in [-0.3, -0.25) is 0 Å². The lowest BCUT2D eigenvalue weighted by Gasteiger charge is -1.98. The van der Waals surface area contributed by atoms with Crippen LogP contribution in [-0.2, 0) is 0 Å². The van der Waals surface area contributed by atoms with Crippen molar-refractivity contribution in [3.8, 4) is 0 Å². The van der Waals surface area contributed by atoms with Crippen LogP contribution in [-0.4, -0.2) is 0 Å². The van der Waals surface area contributed by atoms with E-state index in [0.717, 1.165) is 6.42 Å². The first-order valence-electron chi connectivity index (χ1n) is 6.82. The fourth-order valence-electron chi connectivity index (χ4n) is 1.59. The lowest BCUT2D eigenvalue weighted by Crippen LogP contribution is -1.78. The first-order valence-corrected chi connectivity index (χ1v) is 6.82. The van der Waals surface area contributed by atoms with E-state index in [0.29, 0.717) is 0 Å².